The molecule has 2 atom stereocenters. The number of nitriles is 1. The van der Waals surface area contributed by atoms with Crippen molar-refractivity contribution < 1.29 is 0 Å². The number of fused-ring (bicyclic) bond motifs is 4. The van der Waals surface area contributed by atoms with Gasteiger partial charge in [0.2, 0.25) is 0 Å². The van der Waals surface area contributed by atoms with Crippen LogP contribution in [0.2, 0.25) is 0 Å². The Morgan fingerprint density at radius 2 is 1.80 bits per heavy atom. The molecule has 0 unspecified atom stereocenters. The minimum Gasteiger partial charge on any atom is -0.311 e. The molecule has 1 fully saturated rings. The lowest BCUT2D eigenvalue weighted by Gasteiger charge is -2.43. The highest BCUT2D eigenvalue weighted by Crippen LogP contribution is 2.36. The lowest BCUT2D eigenvalue weighted by atomic mass is 9.82. The summed E-state index contributed by atoms with van der Waals surface area (Å²) in [7, 11) is 0. The summed E-state index contributed by atoms with van der Waals surface area (Å²) in [5.41, 5.74) is 6.69. The van der Waals surface area contributed by atoms with E-state index in [1.807, 2.05) is 47.2 Å². The molecule has 6 rings (SSSR count). The summed E-state index contributed by atoms with van der Waals surface area (Å²) < 4.78 is 1.99. The van der Waals surface area contributed by atoms with Crippen molar-refractivity contribution in [3.63, 3.8) is 0 Å². The van der Waals surface area contributed by atoms with Gasteiger partial charge in [0.25, 0.3) is 5.56 Å². The second-order valence-electron chi connectivity index (χ2n) is 9.68. The van der Waals surface area contributed by atoms with Gasteiger partial charge in [-0.3, -0.25) is 14.7 Å². The Bertz CT molecular complexity index is 1470. The van der Waals surface area contributed by atoms with Gasteiger partial charge in [0.15, 0.2) is 0 Å². The van der Waals surface area contributed by atoms with Crippen molar-refractivity contribution in [2.24, 2.45) is 5.92 Å². The minimum absolute atomic E-state index is 0.0610. The number of rotatable bonds is 4. The van der Waals surface area contributed by atoms with E-state index in [4.69, 9.17) is 0 Å². The maximum atomic E-state index is 13.4. The summed E-state index contributed by atoms with van der Waals surface area (Å²) in [6.45, 7) is 3.63. The Labute approximate surface area is 204 Å². The zero-order valence-electron chi connectivity index (χ0n) is 19.5. The first-order valence-corrected chi connectivity index (χ1v) is 12.1. The van der Waals surface area contributed by atoms with Crippen LogP contribution in [-0.2, 0) is 13.1 Å². The van der Waals surface area contributed by atoms with Crippen LogP contribution < -0.4 is 5.56 Å². The van der Waals surface area contributed by atoms with Crippen molar-refractivity contribution in [3.8, 4) is 28.5 Å². The Morgan fingerprint density at radius 1 is 0.914 bits per heavy atom. The van der Waals surface area contributed by atoms with Crippen LogP contribution in [0.25, 0.3) is 22.4 Å². The normalized spacial score (nSPS) is 19.1. The van der Waals surface area contributed by atoms with Crippen LogP contribution in [0.3, 0.4) is 0 Å². The highest BCUT2D eigenvalue weighted by atomic mass is 16.1. The molecular formula is C30H26N4O. The quantitative estimate of drug-likeness (QED) is 0.428. The van der Waals surface area contributed by atoms with Crippen molar-refractivity contribution in [1.82, 2.24) is 14.5 Å². The first kappa shape index (κ1) is 21.5. The maximum Gasteiger partial charge on any atom is 0.258 e. The van der Waals surface area contributed by atoms with E-state index in [1.165, 1.54) is 5.56 Å². The lowest BCUT2D eigenvalue weighted by molar-refractivity contribution is 0.114. The molecule has 0 amide bonds. The van der Waals surface area contributed by atoms with Crippen molar-refractivity contribution in [3.05, 3.63) is 112 Å². The highest BCUT2D eigenvalue weighted by molar-refractivity contribution is 5.64. The molecule has 0 aliphatic carbocycles. The molecule has 1 saturated heterocycles. The molecular weight excluding hydrogens is 432 g/mol. The van der Waals surface area contributed by atoms with E-state index in [0.717, 1.165) is 55.1 Å². The van der Waals surface area contributed by atoms with Gasteiger partial charge in [0.05, 0.1) is 17.3 Å². The Hall–Kier alpha value is -4.01. The molecule has 0 saturated carbocycles. The minimum atomic E-state index is 0.0610. The molecule has 2 aromatic carbocycles. The van der Waals surface area contributed by atoms with Gasteiger partial charge in [-0.2, -0.15) is 5.26 Å². The summed E-state index contributed by atoms with van der Waals surface area (Å²) in [5, 5.41) is 9.23. The van der Waals surface area contributed by atoms with E-state index >= 15 is 0 Å². The summed E-state index contributed by atoms with van der Waals surface area (Å²) >= 11 is 0. The zero-order valence-corrected chi connectivity index (χ0v) is 19.5. The Kier molecular flexibility index (Phi) is 5.52. The van der Waals surface area contributed by atoms with Gasteiger partial charge in [0, 0.05) is 55.1 Å². The zero-order chi connectivity index (χ0) is 23.8. The van der Waals surface area contributed by atoms with Crippen LogP contribution in [-0.4, -0.2) is 27.5 Å². The fourth-order valence-corrected chi connectivity index (χ4v) is 5.72. The van der Waals surface area contributed by atoms with Gasteiger partial charge < -0.3 is 4.57 Å². The van der Waals surface area contributed by atoms with Crippen LogP contribution in [0.4, 0.5) is 0 Å². The molecule has 5 heteroatoms. The molecule has 2 aliphatic rings. The molecule has 0 N–H and O–H groups in total. The van der Waals surface area contributed by atoms with Gasteiger partial charge in [-0.1, -0.05) is 42.5 Å². The average Bonchev–Trinajstić information content (AvgIpc) is 2.90. The van der Waals surface area contributed by atoms with Crippen molar-refractivity contribution in [1.29, 1.82) is 5.26 Å². The predicted molar refractivity (Wildman–Crippen MR) is 137 cm³/mol. The largest absolute Gasteiger partial charge is 0.311 e. The second kappa shape index (κ2) is 8.98. The molecule has 2 aliphatic heterocycles. The number of benzene rings is 2. The van der Waals surface area contributed by atoms with E-state index in [2.05, 4.69) is 46.3 Å². The van der Waals surface area contributed by atoms with Crippen LogP contribution in [0.1, 0.15) is 29.2 Å². The van der Waals surface area contributed by atoms with Crippen molar-refractivity contribution in [2.75, 3.05) is 13.1 Å². The molecule has 5 nitrogen and oxygen atoms in total. The van der Waals surface area contributed by atoms with Crippen LogP contribution >= 0.6 is 0 Å². The fourth-order valence-electron chi connectivity index (χ4n) is 5.72. The lowest BCUT2D eigenvalue weighted by Crippen LogP contribution is -2.46. The van der Waals surface area contributed by atoms with Crippen LogP contribution in [0.15, 0.2) is 89.9 Å². The molecule has 4 heterocycles. The predicted octanol–water partition coefficient (Wildman–Crippen LogP) is 5.07. The van der Waals surface area contributed by atoms with Gasteiger partial charge >= 0.3 is 0 Å². The fraction of sp³-hybridized carbons (Fsp3) is 0.233. The van der Waals surface area contributed by atoms with E-state index in [9.17, 15) is 10.1 Å². The third-order valence-electron chi connectivity index (χ3n) is 7.30. The molecule has 4 aromatic rings. The third kappa shape index (κ3) is 4.18. The number of pyridine rings is 2. The molecule has 0 spiro atoms. The van der Waals surface area contributed by atoms with Crippen LogP contribution in [0, 0.1) is 17.2 Å². The molecule has 2 bridgehead atoms. The SMILES string of the molecule is N#Cc1cccc(-c2ccc3n(c2=O)C[C@H]2C[C@@H]3CN(Cc3ccc(-c4ccccn4)cc3)C2)c1. The topological polar surface area (TPSA) is 61.9 Å². The summed E-state index contributed by atoms with van der Waals surface area (Å²) in [6, 6.07) is 28.3. The summed E-state index contributed by atoms with van der Waals surface area (Å²) in [6.07, 6.45) is 2.96. The molecule has 0 radical (unpaired) electrons. The first-order valence-electron chi connectivity index (χ1n) is 12.1. The number of likely N-dealkylation sites (tertiary alicyclic amines) is 1. The monoisotopic (exact) mass is 458 g/mol. The Morgan fingerprint density at radius 3 is 2.60 bits per heavy atom. The van der Waals surface area contributed by atoms with E-state index < -0.39 is 0 Å². The maximum absolute atomic E-state index is 13.4. The number of nitrogens with zero attached hydrogens (tertiary/aromatic N) is 4. The summed E-state index contributed by atoms with van der Waals surface area (Å²) in [4.78, 5) is 20.4. The van der Waals surface area contributed by atoms with Gasteiger partial charge in [-0.25, -0.2) is 0 Å². The van der Waals surface area contributed by atoms with E-state index in [-0.39, 0.29) is 5.56 Å². The van der Waals surface area contributed by atoms with E-state index in [1.54, 1.807) is 12.1 Å². The van der Waals surface area contributed by atoms with E-state index in [0.29, 0.717) is 23.0 Å². The summed E-state index contributed by atoms with van der Waals surface area (Å²) in [5.74, 6) is 0.829. The van der Waals surface area contributed by atoms with Gasteiger partial charge in [-0.15, -0.1) is 0 Å². The third-order valence-corrected chi connectivity index (χ3v) is 7.30. The average molecular weight is 459 g/mol. The smallest absolute Gasteiger partial charge is 0.258 e. The Balaban J connectivity index is 1.21. The number of piperidine rings is 1. The van der Waals surface area contributed by atoms with Crippen LogP contribution in [0.5, 0.6) is 0 Å². The molecule has 35 heavy (non-hydrogen) atoms. The van der Waals surface area contributed by atoms with Gasteiger partial charge in [-0.05, 0) is 59.9 Å². The highest BCUT2D eigenvalue weighted by Gasteiger charge is 2.35. The van der Waals surface area contributed by atoms with Gasteiger partial charge in [0.1, 0.15) is 0 Å². The second-order valence-corrected chi connectivity index (χ2v) is 9.68. The molecule has 2 aromatic heterocycles. The number of aromatic nitrogens is 2. The van der Waals surface area contributed by atoms with Crippen molar-refractivity contribution in [2.45, 2.75) is 25.4 Å². The first-order chi connectivity index (χ1) is 17.2. The standard InChI is InChI=1S/C30H26N4O/c31-16-22-4-3-5-25(14-22)27-11-12-29-26-15-23(19-34(29)30(27)35)18-33(20-26)17-21-7-9-24(10-8-21)28-6-1-2-13-32-28/h1-14,23,26H,15,17-20H2/t23-,26+/m0/s1. The number of hydrogen-bond acceptors (Lipinski definition) is 4. The molecule has 172 valence electrons. The van der Waals surface area contributed by atoms with Crippen molar-refractivity contribution >= 4 is 0 Å². The number of hydrogen-bond donors (Lipinski definition) is 0.